The van der Waals surface area contributed by atoms with E-state index in [0.717, 1.165) is 0 Å². The largest absolute Gasteiger partial charge is 0.324 e. The summed E-state index contributed by atoms with van der Waals surface area (Å²) in [6.45, 7) is 0. The van der Waals surface area contributed by atoms with Crippen LogP contribution in [0.25, 0.3) is 0 Å². The van der Waals surface area contributed by atoms with Gasteiger partial charge in [-0.1, -0.05) is 23.2 Å². The summed E-state index contributed by atoms with van der Waals surface area (Å²) in [6.07, 6.45) is 0. The molecule has 1 aromatic heterocycles. The molecule has 1 heterocycles. The van der Waals surface area contributed by atoms with Crippen molar-refractivity contribution in [2.24, 2.45) is 0 Å². The first-order valence-corrected chi connectivity index (χ1v) is 5.89. The fourth-order valence-electron chi connectivity index (χ4n) is 1.28. The van der Waals surface area contributed by atoms with Gasteiger partial charge in [-0.3, -0.25) is 10.1 Å². The Labute approximate surface area is 117 Å². The zero-order valence-electron chi connectivity index (χ0n) is 9.41. The summed E-state index contributed by atoms with van der Waals surface area (Å²) in [4.78, 5) is 22.5. The highest BCUT2D eigenvalue weighted by atomic mass is 35.5. The lowest BCUT2D eigenvalue weighted by molar-refractivity contribution is 0.262. The molecule has 0 spiro atoms. The maximum Gasteiger partial charge on any atom is 0.324 e. The van der Waals surface area contributed by atoms with E-state index >= 15 is 0 Å². The number of aromatic amines is 1. The third-order valence-electron chi connectivity index (χ3n) is 2.10. The van der Waals surface area contributed by atoms with Gasteiger partial charge in [-0.05, 0) is 24.3 Å². The van der Waals surface area contributed by atoms with E-state index in [2.05, 4.69) is 20.8 Å². The predicted molar refractivity (Wildman–Crippen MR) is 74.0 cm³/mol. The molecule has 8 heteroatoms. The molecule has 6 nitrogen and oxygen atoms in total. The molecule has 3 N–H and O–H groups in total. The molecule has 2 rings (SSSR count). The Balaban J connectivity index is 2.07. The van der Waals surface area contributed by atoms with E-state index < -0.39 is 6.03 Å². The second-order valence-electron chi connectivity index (χ2n) is 3.51. The second kappa shape index (κ2) is 5.73. The number of carbonyl (C=O) groups excluding carboxylic acids is 1. The van der Waals surface area contributed by atoms with Crippen molar-refractivity contribution in [2.45, 2.75) is 0 Å². The van der Waals surface area contributed by atoms with Gasteiger partial charge in [0.15, 0.2) is 5.82 Å². The van der Waals surface area contributed by atoms with E-state index in [1.807, 2.05) is 0 Å². The quantitative estimate of drug-likeness (QED) is 0.796. The highest BCUT2D eigenvalue weighted by molar-refractivity contribution is 6.35. The van der Waals surface area contributed by atoms with Gasteiger partial charge in [0.1, 0.15) is 0 Å². The van der Waals surface area contributed by atoms with Crippen LogP contribution in [0.3, 0.4) is 0 Å². The highest BCUT2D eigenvalue weighted by Crippen LogP contribution is 2.25. The molecule has 0 aliphatic carbocycles. The van der Waals surface area contributed by atoms with E-state index in [4.69, 9.17) is 23.2 Å². The molecule has 0 unspecified atom stereocenters. The molecule has 0 radical (unpaired) electrons. The zero-order chi connectivity index (χ0) is 13.8. The lowest BCUT2D eigenvalue weighted by Gasteiger charge is -2.08. The molecule has 0 aliphatic rings. The number of H-pyrrole nitrogens is 1. The molecule has 2 amide bonds. The lowest BCUT2D eigenvalue weighted by atomic mass is 10.3. The molecular weight excluding hydrogens is 291 g/mol. The van der Waals surface area contributed by atoms with Crippen molar-refractivity contribution in [3.05, 3.63) is 50.7 Å². The summed E-state index contributed by atoms with van der Waals surface area (Å²) in [5.74, 6) is 0.204. The molecule has 0 bridgehead atoms. The number of carbonyl (C=O) groups is 1. The van der Waals surface area contributed by atoms with Gasteiger partial charge in [0, 0.05) is 11.1 Å². The van der Waals surface area contributed by atoms with Crippen molar-refractivity contribution in [1.29, 1.82) is 0 Å². The average molecular weight is 299 g/mol. The Bertz CT molecular complexity index is 651. The molecule has 0 saturated carbocycles. The Morgan fingerprint density at radius 3 is 2.63 bits per heavy atom. The maximum absolute atomic E-state index is 11.7. The number of halogens is 2. The van der Waals surface area contributed by atoms with Crippen LogP contribution in [0.4, 0.5) is 16.3 Å². The number of nitrogens with one attached hydrogen (secondary N) is 3. The average Bonchev–Trinajstić information content (AvgIpc) is 2.37. The van der Waals surface area contributed by atoms with Gasteiger partial charge in [0.25, 0.3) is 5.56 Å². The van der Waals surface area contributed by atoms with Gasteiger partial charge in [0.2, 0.25) is 0 Å². The molecule has 0 fully saturated rings. The third kappa shape index (κ3) is 3.70. The lowest BCUT2D eigenvalue weighted by Crippen LogP contribution is -2.21. The molecular formula is C11H8Cl2N4O2. The van der Waals surface area contributed by atoms with E-state index in [1.165, 1.54) is 18.2 Å². The van der Waals surface area contributed by atoms with Crippen LogP contribution in [0.2, 0.25) is 10.0 Å². The number of anilines is 2. The summed E-state index contributed by atoms with van der Waals surface area (Å²) in [6, 6.07) is 6.76. The molecule has 98 valence electrons. The smallest absolute Gasteiger partial charge is 0.306 e. The number of nitrogens with zero attached hydrogens (tertiary/aromatic N) is 1. The minimum atomic E-state index is -0.552. The topological polar surface area (TPSA) is 86.9 Å². The van der Waals surface area contributed by atoms with Crippen LogP contribution in [0.5, 0.6) is 0 Å². The Kier molecular flexibility index (Phi) is 4.03. The van der Waals surface area contributed by atoms with Crippen molar-refractivity contribution < 1.29 is 4.79 Å². The Morgan fingerprint density at radius 2 is 1.95 bits per heavy atom. The number of aromatic nitrogens is 2. The van der Waals surface area contributed by atoms with Crippen molar-refractivity contribution in [3.8, 4) is 0 Å². The Morgan fingerprint density at radius 1 is 1.16 bits per heavy atom. The number of benzene rings is 1. The maximum atomic E-state index is 11.7. The number of urea groups is 1. The van der Waals surface area contributed by atoms with Gasteiger partial charge in [0.05, 0.1) is 10.7 Å². The van der Waals surface area contributed by atoms with Crippen molar-refractivity contribution in [3.63, 3.8) is 0 Å². The zero-order valence-corrected chi connectivity index (χ0v) is 10.9. The van der Waals surface area contributed by atoms with Crippen LogP contribution in [0, 0.1) is 0 Å². The van der Waals surface area contributed by atoms with Crippen LogP contribution < -0.4 is 16.2 Å². The minimum Gasteiger partial charge on any atom is -0.306 e. The summed E-state index contributed by atoms with van der Waals surface area (Å²) < 4.78 is 0. The molecule has 0 aliphatic heterocycles. The van der Waals surface area contributed by atoms with Gasteiger partial charge < -0.3 is 5.32 Å². The standard InChI is InChI=1S/C11H8Cl2N4O2/c12-6-1-2-7(13)8(5-6)14-11(19)15-9-3-4-10(18)17-16-9/h1-5H,(H,17,18)(H2,14,15,16,19). The van der Waals surface area contributed by atoms with Crippen LogP contribution in [-0.2, 0) is 0 Å². The SMILES string of the molecule is O=C(Nc1ccc(=O)[nH]n1)Nc1cc(Cl)ccc1Cl. The summed E-state index contributed by atoms with van der Waals surface area (Å²) >= 11 is 11.7. The first-order chi connectivity index (χ1) is 9.04. The van der Waals surface area contributed by atoms with Gasteiger partial charge in [-0.25, -0.2) is 9.89 Å². The summed E-state index contributed by atoms with van der Waals surface area (Å²) in [5.41, 5.74) is 0.0138. The highest BCUT2D eigenvalue weighted by Gasteiger charge is 2.07. The first-order valence-electron chi connectivity index (χ1n) is 5.13. The van der Waals surface area contributed by atoms with Crippen molar-refractivity contribution in [2.75, 3.05) is 10.6 Å². The van der Waals surface area contributed by atoms with E-state index in [-0.39, 0.29) is 11.4 Å². The van der Waals surface area contributed by atoms with Crippen molar-refractivity contribution >= 4 is 40.7 Å². The second-order valence-corrected chi connectivity index (χ2v) is 4.35. The predicted octanol–water partition coefficient (Wildman–Crippen LogP) is 2.72. The molecule has 2 aromatic rings. The van der Waals surface area contributed by atoms with Gasteiger partial charge in [-0.15, -0.1) is 0 Å². The Hall–Kier alpha value is -2.05. The number of hydrogen-bond donors (Lipinski definition) is 3. The van der Waals surface area contributed by atoms with Gasteiger partial charge >= 0.3 is 6.03 Å². The van der Waals surface area contributed by atoms with Crippen LogP contribution in [-0.4, -0.2) is 16.2 Å². The van der Waals surface area contributed by atoms with Crippen LogP contribution in [0.15, 0.2) is 35.1 Å². The van der Waals surface area contributed by atoms with E-state index in [1.54, 1.807) is 12.1 Å². The first kappa shape index (κ1) is 13.4. The fraction of sp³-hybridized carbons (Fsp3) is 0. The summed E-state index contributed by atoms with van der Waals surface area (Å²) in [5, 5.41) is 11.6. The van der Waals surface area contributed by atoms with E-state index in [0.29, 0.717) is 15.7 Å². The molecule has 0 saturated heterocycles. The minimum absolute atomic E-state index is 0.204. The number of amides is 2. The van der Waals surface area contributed by atoms with Crippen LogP contribution >= 0.6 is 23.2 Å². The molecule has 19 heavy (non-hydrogen) atoms. The third-order valence-corrected chi connectivity index (χ3v) is 2.66. The number of rotatable bonds is 2. The summed E-state index contributed by atoms with van der Waals surface area (Å²) in [7, 11) is 0. The fourth-order valence-corrected chi connectivity index (χ4v) is 1.61. The van der Waals surface area contributed by atoms with Gasteiger partial charge in [-0.2, -0.15) is 5.10 Å². The van der Waals surface area contributed by atoms with Crippen LogP contribution in [0.1, 0.15) is 0 Å². The normalized spacial score (nSPS) is 10.0. The van der Waals surface area contributed by atoms with E-state index in [9.17, 15) is 9.59 Å². The van der Waals surface area contributed by atoms with Crippen molar-refractivity contribution in [1.82, 2.24) is 10.2 Å². The molecule has 0 atom stereocenters. The monoisotopic (exact) mass is 298 g/mol. The molecule has 1 aromatic carbocycles. The number of hydrogen-bond acceptors (Lipinski definition) is 3.